The number of hydrogen-bond donors (Lipinski definition) is 3. The van der Waals surface area contributed by atoms with Crippen molar-refractivity contribution in [1.29, 1.82) is 0 Å². The van der Waals surface area contributed by atoms with Gasteiger partial charge in [0.25, 0.3) is 11.8 Å². The SMILES string of the molecule is CCCN(CCC)C(=O)c1cccc(C(=O)NC(Cc2ccccc2)P(=O)(O)CC(C(=O)Nc2ccc(C)cc2)c2ccccc2)c1. The van der Waals surface area contributed by atoms with Crippen LogP contribution in [0.25, 0.3) is 0 Å². The number of aryl methyl sites for hydroxylation is 1. The summed E-state index contributed by atoms with van der Waals surface area (Å²) in [4.78, 5) is 54.2. The molecule has 8 nitrogen and oxygen atoms in total. The maximum atomic E-state index is 14.4. The van der Waals surface area contributed by atoms with E-state index in [-0.39, 0.29) is 17.9 Å². The standard InChI is InChI=1S/C38H44N3O5P/c1-4-23-41(24-5-2)38(44)32-18-12-17-31(26-32)36(42)40-35(25-29-13-8-6-9-14-29)47(45,46)27-34(30-15-10-7-11-16-30)37(43)39-33-21-19-28(3)20-22-33/h6-22,26,34-35H,4-5,23-25,27H2,1-3H3,(H,39,43)(H,40,42)(H,45,46). The summed E-state index contributed by atoms with van der Waals surface area (Å²) in [7, 11) is -4.26. The fourth-order valence-electron chi connectivity index (χ4n) is 5.48. The van der Waals surface area contributed by atoms with Crippen molar-refractivity contribution in [2.24, 2.45) is 0 Å². The predicted molar refractivity (Wildman–Crippen MR) is 188 cm³/mol. The third kappa shape index (κ3) is 9.98. The summed E-state index contributed by atoms with van der Waals surface area (Å²) in [5, 5.41) is 5.71. The molecule has 0 saturated heterocycles. The monoisotopic (exact) mass is 653 g/mol. The van der Waals surface area contributed by atoms with Gasteiger partial charge in [-0.05, 0) is 61.2 Å². The largest absolute Gasteiger partial charge is 0.343 e. The number of rotatable bonds is 15. The number of nitrogens with one attached hydrogen (secondary N) is 2. The molecular formula is C38H44N3O5P. The normalized spacial score (nSPS) is 13.5. The Balaban J connectivity index is 1.63. The minimum atomic E-state index is -4.26. The maximum Gasteiger partial charge on any atom is 0.253 e. The van der Waals surface area contributed by atoms with Crippen LogP contribution in [0.5, 0.6) is 0 Å². The first kappa shape index (κ1) is 35.3. The highest BCUT2D eigenvalue weighted by molar-refractivity contribution is 7.58. The summed E-state index contributed by atoms with van der Waals surface area (Å²) in [6.07, 6.45) is 1.30. The number of nitrogens with zero attached hydrogens (tertiary/aromatic N) is 1. The van der Waals surface area contributed by atoms with E-state index in [9.17, 15) is 23.8 Å². The molecule has 3 amide bonds. The summed E-state index contributed by atoms with van der Waals surface area (Å²) in [5.41, 5.74) is 3.55. The van der Waals surface area contributed by atoms with E-state index in [1.54, 1.807) is 59.5 Å². The molecule has 3 N–H and O–H groups in total. The van der Waals surface area contributed by atoms with Crippen molar-refractivity contribution in [2.45, 2.75) is 51.7 Å². The highest BCUT2D eigenvalue weighted by atomic mass is 31.2. The topological polar surface area (TPSA) is 116 Å². The van der Waals surface area contributed by atoms with Gasteiger partial charge in [-0.15, -0.1) is 0 Å². The zero-order chi connectivity index (χ0) is 33.8. The van der Waals surface area contributed by atoms with Crippen LogP contribution in [0.15, 0.2) is 109 Å². The van der Waals surface area contributed by atoms with E-state index in [4.69, 9.17) is 0 Å². The molecule has 0 heterocycles. The van der Waals surface area contributed by atoms with E-state index in [1.165, 1.54) is 6.07 Å². The van der Waals surface area contributed by atoms with Gasteiger partial charge in [-0.25, -0.2) is 0 Å². The molecule has 0 saturated carbocycles. The summed E-state index contributed by atoms with van der Waals surface area (Å²) < 4.78 is 14.4. The smallest absolute Gasteiger partial charge is 0.253 e. The highest BCUT2D eigenvalue weighted by Crippen LogP contribution is 2.50. The zero-order valence-electron chi connectivity index (χ0n) is 27.3. The minimum absolute atomic E-state index is 0.0703. The molecule has 0 fully saturated rings. The molecule has 0 radical (unpaired) electrons. The number of carbonyl (C=O) groups is 3. The van der Waals surface area contributed by atoms with Crippen molar-refractivity contribution >= 4 is 30.8 Å². The summed E-state index contributed by atoms with van der Waals surface area (Å²) >= 11 is 0. The van der Waals surface area contributed by atoms with Gasteiger partial charge in [0.15, 0.2) is 0 Å². The van der Waals surface area contributed by atoms with Crippen molar-refractivity contribution < 1.29 is 23.8 Å². The van der Waals surface area contributed by atoms with Crippen LogP contribution in [-0.4, -0.2) is 52.5 Å². The first-order valence-corrected chi connectivity index (χ1v) is 18.0. The predicted octanol–water partition coefficient (Wildman–Crippen LogP) is 7.25. The van der Waals surface area contributed by atoms with Crippen LogP contribution < -0.4 is 10.6 Å². The quantitative estimate of drug-likeness (QED) is 0.117. The van der Waals surface area contributed by atoms with Gasteiger partial charge in [0, 0.05) is 42.5 Å². The number of carbonyl (C=O) groups excluding carboxylic acids is 3. The van der Waals surface area contributed by atoms with Gasteiger partial charge in [-0.3, -0.25) is 18.9 Å². The molecule has 0 spiro atoms. The van der Waals surface area contributed by atoms with E-state index in [0.717, 1.165) is 24.0 Å². The second-order valence-corrected chi connectivity index (χ2v) is 14.3. The molecule has 4 aromatic rings. The lowest BCUT2D eigenvalue weighted by Gasteiger charge is -2.28. The van der Waals surface area contributed by atoms with E-state index in [1.807, 2.05) is 69.3 Å². The van der Waals surface area contributed by atoms with Crippen molar-refractivity contribution in [3.05, 3.63) is 137 Å². The summed E-state index contributed by atoms with van der Waals surface area (Å²) in [6, 6.07) is 31.8. The van der Waals surface area contributed by atoms with Gasteiger partial charge < -0.3 is 20.4 Å². The van der Waals surface area contributed by atoms with E-state index >= 15 is 0 Å². The molecule has 246 valence electrons. The molecule has 4 rings (SSSR count). The first-order valence-electron chi connectivity index (χ1n) is 16.1. The van der Waals surface area contributed by atoms with Gasteiger partial charge in [0.05, 0.1) is 5.92 Å². The van der Waals surface area contributed by atoms with Crippen LogP contribution in [0.2, 0.25) is 0 Å². The average molecular weight is 654 g/mol. The Kier molecular flexibility index (Phi) is 12.7. The lowest BCUT2D eigenvalue weighted by atomic mass is 10.00. The number of hydrogen-bond acceptors (Lipinski definition) is 4. The van der Waals surface area contributed by atoms with Crippen LogP contribution >= 0.6 is 7.37 Å². The summed E-state index contributed by atoms with van der Waals surface area (Å²) in [5.74, 6) is -3.33. The molecule has 3 unspecified atom stereocenters. The molecule has 0 aliphatic rings. The number of anilines is 1. The third-order valence-electron chi connectivity index (χ3n) is 7.98. The molecular weight excluding hydrogens is 609 g/mol. The zero-order valence-corrected chi connectivity index (χ0v) is 28.2. The number of amides is 3. The molecule has 3 atom stereocenters. The summed E-state index contributed by atoms with van der Waals surface area (Å²) in [6.45, 7) is 7.18. The van der Waals surface area contributed by atoms with Crippen molar-refractivity contribution in [1.82, 2.24) is 10.2 Å². The van der Waals surface area contributed by atoms with Crippen molar-refractivity contribution in [3.8, 4) is 0 Å². The molecule has 0 aliphatic heterocycles. The van der Waals surface area contributed by atoms with Gasteiger partial charge in [-0.1, -0.05) is 98.3 Å². The minimum Gasteiger partial charge on any atom is -0.343 e. The first-order chi connectivity index (χ1) is 22.6. The molecule has 9 heteroatoms. The Morgan fingerprint density at radius 2 is 1.38 bits per heavy atom. The third-order valence-corrected chi connectivity index (χ3v) is 10.2. The fraction of sp³-hybridized carbons (Fsp3) is 0.289. The Morgan fingerprint density at radius 3 is 2.00 bits per heavy atom. The Bertz CT molecular complexity index is 1670. The van der Waals surface area contributed by atoms with E-state index < -0.39 is 37.0 Å². The maximum absolute atomic E-state index is 14.4. The van der Waals surface area contributed by atoms with Crippen LogP contribution in [-0.2, 0) is 15.8 Å². The molecule has 0 aliphatic carbocycles. The van der Waals surface area contributed by atoms with Gasteiger partial charge in [0.1, 0.15) is 5.78 Å². The molecule has 0 bridgehead atoms. The Labute approximate surface area is 277 Å². The van der Waals surface area contributed by atoms with Gasteiger partial charge >= 0.3 is 0 Å². The van der Waals surface area contributed by atoms with Crippen LogP contribution in [0.1, 0.15) is 70.0 Å². The number of benzene rings is 4. The van der Waals surface area contributed by atoms with Crippen LogP contribution in [0.4, 0.5) is 5.69 Å². The molecule has 4 aromatic carbocycles. The fourth-order valence-corrected chi connectivity index (χ4v) is 7.45. The highest BCUT2D eigenvalue weighted by Gasteiger charge is 2.38. The Morgan fingerprint density at radius 1 is 0.787 bits per heavy atom. The van der Waals surface area contributed by atoms with E-state index in [2.05, 4.69) is 10.6 Å². The molecule has 0 aromatic heterocycles. The van der Waals surface area contributed by atoms with Crippen molar-refractivity contribution in [3.63, 3.8) is 0 Å². The van der Waals surface area contributed by atoms with Crippen molar-refractivity contribution in [2.75, 3.05) is 24.6 Å². The second kappa shape index (κ2) is 16.9. The second-order valence-electron chi connectivity index (χ2n) is 11.8. The van der Waals surface area contributed by atoms with Gasteiger partial charge in [0.2, 0.25) is 13.3 Å². The molecule has 47 heavy (non-hydrogen) atoms. The van der Waals surface area contributed by atoms with Crippen LogP contribution in [0, 0.1) is 6.92 Å². The lowest BCUT2D eigenvalue weighted by Crippen LogP contribution is -2.38. The Hall–Kier alpha value is -4.52. The lowest BCUT2D eigenvalue weighted by molar-refractivity contribution is -0.117. The van der Waals surface area contributed by atoms with Gasteiger partial charge in [-0.2, -0.15) is 0 Å². The van der Waals surface area contributed by atoms with E-state index in [0.29, 0.717) is 29.9 Å². The average Bonchev–Trinajstić information content (AvgIpc) is 3.08. The van der Waals surface area contributed by atoms with Crippen LogP contribution in [0.3, 0.4) is 0 Å².